The average molecular weight is 387 g/mol. The van der Waals surface area contributed by atoms with E-state index in [2.05, 4.69) is 45.5 Å². The molecule has 1 N–H and O–H groups in total. The van der Waals surface area contributed by atoms with Crippen LogP contribution < -0.4 is 5.32 Å². The monoisotopic (exact) mass is 386 g/mol. The smallest absolute Gasteiger partial charge is 0.251 e. The van der Waals surface area contributed by atoms with E-state index in [0.717, 1.165) is 71.0 Å². The maximum absolute atomic E-state index is 12.5. The second kappa shape index (κ2) is 11.1. The first-order valence-electron chi connectivity index (χ1n) is 10.7. The minimum Gasteiger partial charge on any atom is -0.368 e. The molecule has 1 unspecified atom stereocenters. The van der Waals surface area contributed by atoms with Crippen LogP contribution in [0, 0.1) is 0 Å². The number of hydrogen-bond acceptors (Lipinski definition) is 3. The number of aliphatic imine (C=N–C) groups is 1. The summed E-state index contributed by atoms with van der Waals surface area (Å²) in [5, 5.41) is 3.48. The van der Waals surface area contributed by atoms with E-state index in [1.54, 1.807) is 0 Å². The Morgan fingerprint density at radius 2 is 1.86 bits per heavy atom. The van der Waals surface area contributed by atoms with Crippen LogP contribution in [0.1, 0.15) is 37.7 Å². The lowest BCUT2D eigenvalue weighted by Crippen LogP contribution is -2.55. The molecule has 2 aliphatic rings. The van der Waals surface area contributed by atoms with Crippen LogP contribution >= 0.6 is 0 Å². The predicted octanol–water partition coefficient (Wildman–Crippen LogP) is 2.30. The van der Waals surface area contributed by atoms with Gasteiger partial charge in [-0.1, -0.05) is 36.8 Å². The van der Waals surface area contributed by atoms with E-state index in [9.17, 15) is 4.79 Å². The van der Waals surface area contributed by atoms with Gasteiger partial charge in [0.25, 0.3) is 5.91 Å². The van der Waals surface area contributed by atoms with E-state index in [0.29, 0.717) is 0 Å². The van der Waals surface area contributed by atoms with Crippen LogP contribution in [0.3, 0.4) is 0 Å². The van der Waals surface area contributed by atoms with E-state index >= 15 is 0 Å². The van der Waals surface area contributed by atoms with Gasteiger partial charge in [-0.15, -0.1) is 0 Å². The molecule has 2 saturated heterocycles. The van der Waals surface area contributed by atoms with Gasteiger partial charge >= 0.3 is 0 Å². The predicted molar refractivity (Wildman–Crippen MR) is 112 cm³/mol. The first kappa shape index (κ1) is 20.6. The molecular weight excluding hydrogens is 352 g/mol. The Balaban J connectivity index is 1.30. The lowest BCUT2D eigenvalue weighted by atomic mass is 10.1. The highest BCUT2D eigenvalue weighted by atomic mass is 16.5. The summed E-state index contributed by atoms with van der Waals surface area (Å²) < 4.78 is 5.54. The summed E-state index contributed by atoms with van der Waals surface area (Å²) >= 11 is 0. The molecule has 0 aliphatic carbocycles. The molecule has 2 aliphatic heterocycles. The first-order chi connectivity index (χ1) is 13.8. The number of benzene rings is 1. The summed E-state index contributed by atoms with van der Waals surface area (Å²) in [6.07, 6.45) is 6.38. The van der Waals surface area contributed by atoms with Crippen molar-refractivity contribution in [2.45, 2.75) is 44.6 Å². The zero-order valence-corrected chi connectivity index (χ0v) is 17.1. The maximum Gasteiger partial charge on any atom is 0.251 e. The van der Waals surface area contributed by atoms with E-state index in [-0.39, 0.29) is 12.0 Å². The van der Waals surface area contributed by atoms with Gasteiger partial charge < -0.3 is 19.9 Å². The Bertz CT molecular complexity index is 621. The van der Waals surface area contributed by atoms with Crippen molar-refractivity contribution in [1.29, 1.82) is 0 Å². The number of amides is 1. The number of guanidine groups is 1. The molecule has 6 nitrogen and oxygen atoms in total. The van der Waals surface area contributed by atoms with Crippen molar-refractivity contribution in [2.75, 3.05) is 46.4 Å². The summed E-state index contributed by atoms with van der Waals surface area (Å²) in [6.45, 7) is 4.81. The van der Waals surface area contributed by atoms with Crippen molar-refractivity contribution in [3.63, 3.8) is 0 Å². The molecule has 2 fully saturated rings. The van der Waals surface area contributed by atoms with Crippen molar-refractivity contribution < 1.29 is 9.53 Å². The second-order valence-electron chi connectivity index (χ2n) is 7.58. The Morgan fingerprint density at radius 1 is 1.11 bits per heavy atom. The van der Waals surface area contributed by atoms with Gasteiger partial charge in [0.1, 0.15) is 6.10 Å². The summed E-state index contributed by atoms with van der Waals surface area (Å²) in [4.78, 5) is 21.1. The topological polar surface area (TPSA) is 57.2 Å². The highest BCUT2D eigenvalue weighted by molar-refractivity contribution is 5.82. The Hall–Kier alpha value is -2.08. The molecule has 0 radical (unpaired) electrons. The van der Waals surface area contributed by atoms with Gasteiger partial charge in [-0.2, -0.15) is 0 Å². The SMILES string of the molecule is CN=C(NCCCCCc1ccccc1)N1CCN(C(=O)C2CCCO2)CC1. The molecule has 0 aromatic heterocycles. The Kier molecular flexibility index (Phi) is 8.15. The minimum absolute atomic E-state index is 0.165. The van der Waals surface area contributed by atoms with Crippen LogP contribution in [-0.2, 0) is 16.0 Å². The van der Waals surface area contributed by atoms with Gasteiger partial charge in [-0.3, -0.25) is 9.79 Å². The van der Waals surface area contributed by atoms with Crippen molar-refractivity contribution in [3.8, 4) is 0 Å². The average Bonchev–Trinajstić information content (AvgIpc) is 3.29. The maximum atomic E-state index is 12.5. The van der Waals surface area contributed by atoms with E-state index in [1.165, 1.54) is 18.4 Å². The summed E-state index contributed by atoms with van der Waals surface area (Å²) in [5.41, 5.74) is 1.42. The van der Waals surface area contributed by atoms with Gasteiger partial charge in [0.15, 0.2) is 5.96 Å². The van der Waals surface area contributed by atoms with Crippen LogP contribution in [0.2, 0.25) is 0 Å². The van der Waals surface area contributed by atoms with Crippen LogP contribution in [0.25, 0.3) is 0 Å². The standard InChI is InChI=1S/C22H34N4O2/c1-23-22(24-13-7-3-6-11-19-9-4-2-5-10-19)26-16-14-25(15-17-26)21(27)20-12-8-18-28-20/h2,4-5,9-10,20H,3,6-8,11-18H2,1H3,(H,23,24). The molecule has 28 heavy (non-hydrogen) atoms. The lowest BCUT2D eigenvalue weighted by molar-refractivity contribution is -0.142. The summed E-state index contributed by atoms with van der Waals surface area (Å²) in [7, 11) is 1.83. The molecule has 1 aromatic rings. The molecule has 1 aromatic carbocycles. The fraction of sp³-hybridized carbons (Fsp3) is 0.636. The number of nitrogens with zero attached hydrogens (tertiary/aromatic N) is 3. The van der Waals surface area contributed by atoms with Gasteiger partial charge in [-0.25, -0.2) is 0 Å². The molecule has 1 amide bonds. The summed E-state index contributed by atoms with van der Waals surface area (Å²) in [5.74, 6) is 1.12. The first-order valence-corrected chi connectivity index (χ1v) is 10.7. The molecule has 2 heterocycles. The molecule has 0 saturated carbocycles. The minimum atomic E-state index is -0.208. The third kappa shape index (κ3) is 5.96. The number of ether oxygens (including phenoxy) is 1. The number of piperazine rings is 1. The number of unbranched alkanes of at least 4 members (excludes halogenated alkanes) is 2. The molecule has 1 atom stereocenters. The molecule has 154 valence electrons. The largest absolute Gasteiger partial charge is 0.368 e. The van der Waals surface area contributed by atoms with E-state index in [4.69, 9.17) is 4.74 Å². The van der Waals surface area contributed by atoms with Crippen LogP contribution in [0.15, 0.2) is 35.3 Å². The van der Waals surface area contributed by atoms with E-state index in [1.807, 2.05) is 11.9 Å². The second-order valence-corrected chi connectivity index (χ2v) is 7.58. The molecule has 0 bridgehead atoms. The van der Waals surface area contributed by atoms with E-state index < -0.39 is 0 Å². The zero-order valence-electron chi connectivity index (χ0n) is 17.1. The highest BCUT2D eigenvalue weighted by Gasteiger charge is 2.30. The number of aryl methyl sites for hydroxylation is 1. The number of hydrogen-bond donors (Lipinski definition) is 1. The fourth-order valence-electron chi connectivity index (χ4n) is 3.92. The Labute approximate surface area is 168 Å². The number of rotatable bonds is 7. The number of carbonyl (C=O) groups is 1. The van der Waals surface area contributed by atoms with Crippen LogP contribution in [0.4, 0.5) is 0 Å². The van der Waals surface area contributed by atoms with Gasteiger partial charge in [0, 0.05) is 46.4 Å². The highest BCUT2D eigenvalue weighted by Crippen LogP contribution is 2.16. The molecule has 6 heteroatoms. The summed E-state index contributed by atoms with van der Waals surface area (Å²) in [6, 6.07) is 10.7. The van der Waals surface area contributed by atoms with Gasteiger partial charge in [0.2, 0.25) is 0 Å². The Morgan fingerprint density at radius 3 is 2.54 bits per heavy atom. The third-order valence-corrected chi connectivity index (χ3v) is 5.58. The quantitative estimate of drug-likeness (QED) is 0.444. The van der Waals surface area contributed by atoms with Crippen molar-refractivity contribution in [3.05, 3.63) is 35.9 Å². The molecule has 0 spiro atoms. The molecular formula is C22H34N4O2. The van der Waals surface area contributed by atoms with Crippen LogP contribution in [0.5, 0.6) is 0 Å². The van der Waals surface area contributed by atoms with Gasteiger partial charge in [-0.05, 0) is 37.7 Å². The fourth-order valence-corrected chi connectivity index (χ4v) is 3.92. The number of carbonyl (C=O) groups excluding carboxylic acids is 1. The molecule has 3 rings (SSSR count). The van der Waals surface area contributed by atoms with Crippen molar-refractivity contribution >= 4 is 11.9 Å². The normalized spacial score (nSPS) is 20.5. The zero-order chi connectivity index (χ0) is 19.6. The third-order valence-electron chi connectivity index (χ3n) is 5.58. The van der Waals surface area contributed by atoms with Crippen molar-refractivity contribution in [2.24, 2.45) is 4.99 Å². The van der Waals surface area contributed by atoms with Crippen molar-refractivity contribution in [1.82, 2.24) is 15.1 Å². The van der Waals surface area contributed by atoms with Crippen LogP contribution in [-0.4, -0.2) is 74.1 Å². The van der Waals surface area contributed by atoms with Gasteiger partial charge in [0.05, 0.1) is 0 Å². The number of nitrogens with one attached hydrogen (secondary N) is 1. The lowest BCUT2D eigenvalue weighted by Gasteiger charge is -2.37.